The number of nitrogens with one attached hydrogen (secondary N) is 2. The third-order valence-corrected chi connectivity index (χ3v) is 3.58. The number of hydrogen-bond donors (Lipinski definition) is 2. The van der Waals surface area contributed by atoms with Crippen molar-refractivity contribution in [2.75, 3.05) is 11.1 Å². The van der Waals surface area contributed by atoms with Crippen molar-refractivity contribution in [3.8, 4) is 0 Å². The monoisotopic (exact) mass is 298 g/mol. The second-order valence-electron chi connectivity index (χ2n) is 3.71. The molecule has 1 aromatic heterocycles. The van der Waals surface area contributed by atoms with Crippen molar-refractivity contribution in [2.24, 2.45) is 7.05 Å². The van der Waals surface area contributed by atoms with Crippen LogP contribution >= 0.6 is 23.4 Å². The summed E-state index contributed by atoms with van der Waals surface area (Å²) >= 11 is 6.93. The number of hydrogen-bond acceptors (Lipinski definition) is 4. The van der Waals surface area contributed by atoms with Gasteiger partial charge in [0.15, 0.2) is 5.16 Å². The fraction of sp³-hybridized carbons (Fsp3) is 0.182. The first-order valence-corrected chi connectivity index (χ1v) is 6.72. The molecule has 8 heteroatoms. The molecule has 0 saturated carbocycles. The lowest BCUT2D eigenvalue weighted by molar-refractivity contribution is -0.113. The van der Waals surface area contributed by atoms with Crippen LogP contribution in [0.15, 0.2) is 34.2 Å². The summed E-state index contributed by atoms with van der Waals surface area (Å²) in [6.45, 7) is 0. The van der Waals surface area contributed by atoms with E-state index in [2.05, 4.69) is 15.5 Å². The van der Waals surface area contributed by atoms with Gasteiger partial charge >= 0.3 is 5.69 Å². The van der Waals surface area contributed by atoms with Gasteiger partial charge in [-0.25, -0.2) is 9.89 Å². The van der Waals surface area contributed by atoms with Crippen LogP contribution in [0.4, 0.5) is 5.69 Å². The smallest absolute Gasteiger partial charge is 0.325 e. The molecule has 0 bridgehead atoms. The Morgan fingerprint density at radius 2 is 2.16 bits per heavy atom. The fourth-order valence-electron chi connectivity index (χ4n) is 1.32. The van der Waals surface area contributed by atoms with Crippen molar-refractivity contribution in [2.45, 2.75) is 5.16 Å². The van der Waals surface area contributed by atoms with Gasteiger partial charge in [-0.3, -0.25) is 9.36 Å². The molecule has 0 aliphatic heterocycles. The van der Waals surface area contributed by atoms with Gasteiger partial charge in [-0.2, -0.15) is 0 Å². The highest BCUT2D eigenvalue weighted by atomic mass is 35.5. The maximum Gasteiger partial charge on any atom is 0.343 e. The van der Waals surface area contributed by atoms with Crippen molar-refractivity contribution in [1.82, 2.24) is 14.8 Å². The van der Waals surface area contributed by atoms with E-state index in [0.29, 0.717) is 15.9 Å². The standard InChI is InChI=1S/C11H11ClN4O2S/c1-16-10(18)14-15-11(16)19-6-9(17)13-8-4-2-7(12)3-5-8/h2-5H,6H2,1H3,(H,13,17)(H,14,18). The van der Waals surface area contributed by atoms with E-state index in [0.717, 1.165) is 0 Å². The lowest BCUT2D eigenvalue weighted by atomic mass is 10.3. The van der Waals surface area contributed by atoms with Crippen LogP contribution in [0.1, 0.15) is 0 Å². The summed E-state index contributed by atoms with van der Waals surface area (Å²) in [6.07, 6.45) is 0. The van der Waals surface area contributed by atoms with E-state index in [9.17, 15) is 9.59 Å². The van der Waals surface area contributed by atoms with Gasteiger partial charge in [0.2, 0.25) is 5.91 Å². The van der Waals surface area contributed by atoms with Gasteiger partial charge in [0.05, 0.1) is 5.75 Å². The molecule has 0 atom stereocenters. The molecular weight excluding hydrogens is 288 g/mol. The van der Waals surface area contributed by atoms with Gasteiger partial charge in [-0.15, -0.1) is 5.10 Å². The zero-order valence-corrected chi connectivity index (χ0v) is 11.6. The summed E-state index contributed by atoms with van der Waals surface area (Å²) in [5.74, 6) is -0.0106. The minimum absolute atomic E-state index is 0.167. The summed E-state index contributed by atoms with van der Waals surface area (Å²) in [5, 5.41) is 9.90. The lowest BCUT2D eigenvalue weighted by Gasteiger charge is -2.04. The highest BCUT2D eigenvalue weighted by Crippen LogP contribution is 2.15. The van der Waals surface area contributed by atoms with Crippen molar-refractivity contribution in [3.05, 3.63) is 39.8 Å². The number of benzene rings is 1. The molecule has 0 radical (unpaired) electrons. The second-order valence-corrected chi connectivity index (χ2v) is 5.09. The van der Waals surface area contributed by atoms with E-state index in [1.807, 2.05) is 0 Å². The zero-order chi connectivity index (χ0) is 13.8. The van der Waals surface area contributed by atoms with Crippen LogP contribution in [0.2, 0.25) is 5.02 Å². The number of nitrogens with zero attached hydrogens (tertiary/aromatic N) is 2. The molecule has 6 nitrogen and oxygen atoms in total. The Bertz CT molecular complexity index is 635. The van der Waals surface area contributed by atoms with Crippen LogP contribution < -0.4 is 11.0 Å². The maximum absolute atomic E-state index is 11.7. The third kappa shape index (κ3) is 3.62. The van der Waals surface area contributed by atoms with Gasteiger partial charge in [-0.05, 0) is 24.3 Å². The van der Waals surface area contributed by atoms with Gasteiger partial charge in [0, 0.05) is 17.8 Å². The van der Waals surface area contributed by atoms with Crippen LogP contribution in [0, 0.1) is 0 Å². The largest absolute Gasteiger partial charge is 0.343 e. The van der Waals surface area contributed by atoms with E-state index in [4.69, 9.17) is 11.6 Å². The minimum Gasteiger partial charge on any atom is -0.325 e. The van der Waals surface area contributed by atoms with Crippen molar-refractivity contribution in [1.29, 1.82) is 0 Å². The number of anilines is 1. The summed E-state index contributed by atoms with van der Waals surface area (Å²) in [4.78, 5) is 22.8. The number of amides is 1. The number of carbonyl (C=O) groups is 1. The normalized spacial score (nSPS) is 10.4. The van der Waals surface area contributed by atoms with E-state index < -0.39 is 0 Å². The lowest BCUT2D eigenvalue weighted by Crippen LogP contribution is -2.16. The number of aromatic nitrogens is 3. The molecule has 2 aromatic rings. The third-order valence-electron chi connectivity index (χ3n) is 2.30. The Balaban J connectivity index is 1.90. The predicted octanol–water partition coefficient (Wildman–Crippen LogP) is 1.49. The first kappa shape index (κ1) is 13.7. The Morgan fingerprint density at radius 3 is 2.74 bits per heavy atom. The summed E-state index contributed by atoms with van der Waals surface area (Å²) in [7, 11) is 1.59. The van der Waals surface area contributed by atoms with E-state index in [1.165, 1.54) is 16.3 Å². The van der Waals surface area contributed by atoms with Gasteiger partial charge < -0.3 is 5.32 Å². The highest BCUT2D eigenvalue weighted by molar-refractivity contribution is 7.99. The Hall–Kier alpha value is -1.73. The zero-order valence-electron chi connectivity index (χ0n) is 10.0. The molecule has 1 aromatic carbocycles. The van der Waals surface area contributed by atoms with Crippen molar-refractivity contribution >= 4 is 35.0 Å². The van der Waals surface area contributed by atoms with Crippen LogP contribution in [0.25, 0.3) is 0 Å². The van der Waals surface area contributed by atoms with Crippen LogP contribution in [-0.4, -0.2) is 26.4 Å². The number of halogens is 1. The first-order valence-electron chi connectivity index (χ1n) is 5.36. The topological polar surface area (TPSA) is 79.8 Å². The number of rotatable bonds is 4. The van der Waals surface area contributed by atoms with Crippen LogP contribution in [0.3, 0.4) is 0 Å². The summed E-state index contributed by atoms with van der Waals surface area (Å²) < 4.78 is 1.35. The van der Waals surface area contributed by atoms with E-state index >= 15 is 0 Å². The molecular formula is C11H11ClN4O2S. The molecule has 0 aliphatic rings. The summed E-state index contributed by atoms with van der Waals surface area (Å²) in [5.41, 5.74) is 0.367. The average Bonchev–Trinajstić information content (AvgIpc) is 2.70. The number of aromatic amines is 1. The molecule has 0 saturated heterocycles. The number of thioether (sulfide) groups is 1. The molecule has 0 unspecified atom stereocenters. The van der Waals surface area contributed by atoms with Gasteiger partial charge in [-0.1, -0.05) is 23.4 Å². The molecule has 0 aliphatic carbocycles. The molecule has 0 spiro atoms. The molecule has 100 valence electrons. The Labute approximate surface area is 118 Å². The molecule has 2 N–H and O–H groups in total. The summed E-state index contributed by atoms with van der Waals surface area (Å²) in [6, 6.07) is 6.83. The van der Waals surface area contributed by atoms with E-state index in [-0.39, 0.29) is 17.3 Å². The molecule has 19 heavy (non-hydrogen) atoms. The van der Waals surface area contributed by atoms with Crippen molar-refractivity contribution < 1.29 is 4.79 Å². The van der Waals surface area contributed by atoms with Gasteiger partial charge in [0.25, 0.3) is 0 Å². The quantitative estimate of drug-likeness (QED) is 0.838. The van der Waals surface area contributed by atoms with E-state index in [1.54, 1.807) is 31.3 Å². The molecule has 1 amide bonds. The predicted molar refractivity (Wildman–Crippen MR) is 74.6 cm³/mol. The molecule has 2 rings (SSSR count). The average molecular weight is 299 g/mol. The second kappa shape index (κ2) is 5.94. The first-order chi connectivity index (χ1) is 9.06. The Morgan fingerprint density at radius 1 is 1.47 bits per heavy atom. The Kier molecular flexibility index (Phi) is 4.28. The number of H-pyrrole nitrogens is 1. The van der Waals surface area contributed by atoms with Crippen LogP contribution in [-0.2, 0) is 11.8 Å². The fourth-order valence-corrected chi connectivity index (χ4v) is 2.17. The van der Waals surface area contributed by atoms with Gasteiger partial charge in [0.1, 0.15) is 0 Å². The molecule has 0 fully saturated rings. The van der Waals surface area contributed by atoms with Crippen LogP contribution in [0.5, 0.6) is 0 Å². The minimum atomic E-state index is -0.305. The number of carbonyl (C=O) groups excluding carboxylic acids is 1. The highest BCUT2D eigenvalue weighted by Gasteiger charge is 2.08. The maximum atomic E-state index is 11.7. The molecule has 1 heterocycles. The van der Waals surface area contributed by atoms with Crippen molar-refractivity contribution in [3.63, 3.8) is 0 Å². The SMILES string of the molecule is Cn1c(SCC(=O)Nc2ccc(Cl)cc2)n[nH]c1=O.